The standard InChI is InChI=1S/C16H28N2O2/c1-4-12-6-5-7-13(9-12)16-17-15(20-18-16)10-14(19)8-11(2)3/h11-14,19H,4-10H2,1-3H3. The lowest BCUT2D eigenvalue weighted by Crippen LogP contribution is -2.15. The lowest BCUT2D eigenvalue weighted by Gasteiger charge is -2.26. The second kappa shape index (κ2) is 7.21. The van der Waals surface area contributed by atoms with Gasteiger partial charge in [0.15, 0.2) is 5.82 Å². The number of aliphatic hydroxyl groups is 1. The molecule has 2 rings (SSSR count). The summed E-state index contributed by atoms with van der Waals surface area (Å²) in [6.45, 7) is 6.47. The van der Waals surface area contributed by atoms with Crippen LogP contribution in [0.4, 0.5) is 0 Å². The maximum Gasteiger partial charge on any atom is 0.229 e. The molecule has 1 aliphatic rings. The molecule has 1 aromatic heterocycles. The average molecular weight is 280 g/mol. The minimum atomic E-state index is -0.377. The SMILES string of the molecule is CCC1CCCC(c2noc(CC(O)CC(C)C)n2)C1. The summed E-state index contributed by atoms with van der Waals surface area (Å²) in [7, 11) is 0. The summed E-state index contributed by atoms with van der Waals surface area (Å²) in [5, 5.41) is 14.1. The molecule has 0 bridgehead atoms. The summed E-state index contributed by atoms with van der Waals surface area (Å²) in [6, 6.07) is 0. The van der Waals surface area contributed by atoms with Gasteiger partial charge in [-0.15, -0.1) is 0 Å². The smallest absolute Gasteiger partial charge is 0.229 e. The van der Waals surface area contributed by atoms with Crippen LogP contribution in [0, 0.1) is 11.8 Å². The first-order valence-electron chi connectivity index (χ1n) is 8.09. The first-order valence-corrected chi connectivity index (χ1v) is 8.09. The van der Waals surface area contributed by atoms with Gasteiger partial charge in [-0.3, -0.25) is 0 Å². The van der Waals surface area contributed by atoms with E-state index in [2.05, 4.69) is 30.9 Å². The number of aromatic nitrogens is 2. The first-order chi connectivity index (χ1) is 9.58. The Morgan fingerprint density at radius 2 is 2.15 bits per heavy atom. The molecule has 0 aliphatic heterocycles. The molecule has 0 radical (unpaired) electrons. The summed E-state index contributed by atoms with van der Waals surface area (Å²) < 4.78 is 5.32. The Bertz CT molecular complexity index is 403. The van der Waals surface area contributed by atoms with E-state index in [0.717, 1.165) is 18.2 Å². The molecule has 1 aromatic rings. The molecule has 0 amide bonds. The van der Waals surface area contributed by atoms with Gasteiger partial charge in [-0.25, -0.2) is 0 Å². The second-order valence-electron chi connectivity index (χ2n) is 6.67. The molecule has 0 spiro atoms. The van der Waals surface area contributed by atoms with E-state index in [4.69, 9.17) is 4.52 Å². The molecule has 20 heavy (non-hydrogen) atoms. The Balaban J connectivity index is 1.91. The van der Waals surface area contributed by atoms with Crippen molar-refractivity contribution in [1.82, 2.24) is 10.1 Å². The van der Waals surface area contributed by atoms with E-state index in [9.17, 15) is 5.11 Å². The molecular weight excluding hydrogens is 252 g/mol. The van der Waals surface area contributed by atoms with Gasteiger partial charge < -0.3 is 9.63 Å². The van der Waals surface area contributed by atoms with E-state index in [-0.39, 0.29) is 6.10 Å². The van der Waals surface area contributed by atoms with Crippen LogP contribution in [0.2, 0.25) is 0 Å². The zero-order valence-corrected chi connectivity index (χ0v) is 13.0. The summed E-state index contributed by atoms with van der Waals surface area (Å²) in [5.41, 5.74) is 0. The van der Waals surface area contributed by atoms with Gasteiger partial charge >= 0.3 is 0 Å². The summed E-state index contributed by atoms with van der Waals surface area (Å²) in [6.07, 6.45) is 7.09. The van der Waals surface area contributed by atoms with Crippen molar-refractivity contribution in [3.05, 3.63) is 11.7 Å². The zero-order chi connectivity index (χ0) is 14.5. The van der Waals surface area contributed by atoms with Crippen LogP contribution in [0.1, 0.15) is 76.9 Å². The normalized spacial score (nSPS) is 25.1. The molecule has 3 unspecified atom stereocenters. The Hall–Kier alpha value is -0.900. The maximum absolute atomic E-state index is 9.94. The number of hydrogen-bond acceptors (Lipinski definition) is 4. The van der Waals surface area contributed by atoms with Crippen molar-refractivity contribution in [1.29, 1.82) is 0 Å². The summed E-state index contributed by atoms with van der Waals surface area (Å²) in [4.78, 5) is 4.51. The highest BCUT2D eigenvalue weighted by Crippen LogP contribution is 2.36. The van der Waals surface area contributed by atoms with Crippen molar-refractivity contribution in [2.45, 2.75) is 77.7 Å². The number of hydrogen-bond donors (Lipinski definition) is 1. The molecule has 1 heterocycles. The van der Waals surface area contributed by atoms with Gasteiger partial charge in [0.05, 0.1) is 12.5 Å². The monoisotopic (exact) mass is 280 g/mol. The van der Waals surface area contributed by atoms with Crippen LogP contribution in [0.25, 0.3) is 0 Å². The van der Waals surface area contributed by atoms with Crippen molar-refractivity contribution in [2.24, 2.45) is 11.8 Å². The fourth-order valence-electron chi connectivity index (χ4n) is 3.24. The van der Waals surface area contributed by atoms with E-state index in [1.807, 2.05) is 0 Å². The topological polar surface area (TPSA) is 59.2 Å². The van der Waals surface area contributed by atoms with Crippen LogP contribution >= 0.6 is 0 Å². The average Bonchev–Trinajstić information content (AvgIpc) is 2.86. The second-order valence-corrected chi connectivity index (χ2v) is 6.67. The molecule has 1 fully saturated rings. The van der Waals surface area contributed by atoms with Crippen molar-refractivity contribution in [3.8, 4) is 0 Å². The van der Waals surface area contributed by atoms with Gasteiger partial charge in [0.25, 0.3) is 0 Å². The largest absolute Gasteiger partial charge is 0.393 e. The third-order valence-corrected chi connectivity index (χ3v) is 4.36. The van der Waals surface area contributed by atoms with Crippen molar-refractivity contribution in [2.75, 3.05) is 0 Å². The Labute approximate surface area is 122 Å². The molecule has 1 saturated carbocycles. The maximum atomic E-state index is 9.94. The highest BCUT2D eigenvalue weighted by molar-refractivity contribution is 4.98. The molecule has 4 heteroatoms. The van der Waals surface area contributed by atoms with Gasteiger partial charge in [0.2, 0.25) is 5.89 Å². The van der Waals surface area contributed by atoms with Crippen molar-refractivity contribution >= 4 is 0 Å². The van der Waals surface area contributed by atoms with Crippen LogP contribution in [0.5, 0.6) is 0 Å². The lowest BCUT2D eigenvalue weighted by atomic mass is 9.80. The van der Waals surface area contributed by atoms with Crippen LogP contribution in [-0.4, -0.2) is 21.4 Å². The van der Waals surface area contributed by atoms with E-state index in [1.165, 1.54) is 32.1 Å². The van der Waals surface area contributed by atoms with Crippen LogP contribution in [0.3, 0.4) is 0 Å². The summed E-state index contributed by atoms with van der Waals surface area (Å²) >= 11 is 0. The number of rotatable bonds is 6. The van der Waals surface area contributed by atoms with Gasteiger partial charge in [-0.05, 0) is 31.1 Å². The molecule has 3 atom stereocenters. The van der Waals surface area contributed by atoms with E-state index in [0.29, 0.717) is 24.1 Å². The van der Waals surface area contributed by atoms with Gasteiger partial charge in [-0.2, -0.15) is 4.98 Å². The summed E-state index contributed by atoms with van der Waals surface area (Å²) in [5.74, 6) is 3.19. The fourth-order valence-corrected chi connectivity index (χ4v) is 3.24. The van der Waals surface area contributed by atoms with Gasteiger partial charge in [0.1, 0.15) is 0 Å². The van der Waals surface area contributed by atoms with E-state index >= 15 is 0 Å². The molecular formula is C16H28N2O2. The van der Waals surface area contributed by atoms with Gasteiger partial charge in [0, 0.05) is 5.92 Å². The Kier molecular flexibility index (Phi) is 5.58. The Morgan fingerprint density at radius 1 is 1.35 bits per heavy atom. The van der Waals surface area contributed by atoms with E-state index in [1.54, 1.807) is 0 Å². The van der Waals surface area contributed by atoms with Crippen molar-refractivity contribution < 1.29 is 9.63 Å². The lowest BCUT2D eigenvalue weighted by molar-refractivity contribution is 0.138. The molecule has 1 N–H and O–H groups in total. The molecule has 0 saturated heterocycles. The predicted octanol–water partition coefficient (Wildman–Crippen LogP) is 3.70. The van der Waals surface area contributed by atoms with Crippen LogP contribution in [-0.2, 0) is 6.42 Å². The van der Waals surface area contributed by atoms with Crippen LogP contribution < -0.4 is 0 Å². The van der Waals surface area contributed by atoms with Gasteiger partial charge in [-0.1, -0.05) is 45.2 Å². The third kappa shape index (κ3) is 4.30. The van der Waals surface area contributed by atoms with Crippen LogP contribution in [0.15, 0.2) is 4.52 Å². The predicted molar refractivity (Wildman–Crippen MR) is 78.5 cm³/mol. The zero-order valence-electron chi connectivity index (χ0n) is 13.0. The highest BCUT2D eigenvalue weighted by atomic mass is 16.5. The molecule has 4 nitrogen and oxygen atoms in total. The quantitative estimate of drug-likeness (QED) is 0.863. The fraction of sp³-hybridized carbons (Fsp3) is 0.875. The number of nitrogens with zero attached hydrogens (tertiary/aromatic N) is 2. The molecule has 0 aromatic carbocycles. The Morgan fingerprint density at radius 3 is 2.85 bits per heavy atom. The minimum Gasteiger partial charge on any atom is -0.393 e. The molecule has 114 valence electrons. The minimum absolute atomic E-state index is 0.377. The van der Waals surface area contributed by atoms with Crippen molar-refractivity contribution in [3.63, 3.8) is 0 Å². The van der Waals surface area contributed by atoms with E-state index < -0.39 is 0 Å². The third-order valence-electron chi connectivity index (χ3n) is 4.36. The highest BCUT2D eigenvalue weighted by Gasteiger charge is 2.26. The molecule has 1 aliphatic carbocycles. The number of aliphatic hydroxyl groups excluding tert-OH is 1. The first kappa shape index (κ1) is 15.5.